The van der Waals surface area contributed by atoms with E-state index in [9.17, 15) is 0 Å². The normalized spacial score (nSPS) is 12.0. The zero-order chi connectivity index (χ0) is 10.6. The van der Waals surface area contributed by atoms with Crippen LogP contribution in [0.1, 0.15) is 18.2 Å². The Morgan fingerprint density at radius 3 is 2.29 bits per heavy atom. The minimum absolute atomic E-state index is 0.365. The first kappa shape index (κ1) is 13.2. The smallest absolute Gasteiger partial charge is 0.0701 e. The Morgan fingerprint density at radius 2 is 1.93 bits per heavy atom. The second kappa shape index (κ2) is 6.02. The predicted molar refractivity (Wildman–Crippen MR) is 76.0 cm³/mol. The fourth-order valence-electron chi connectivity index (χ4n) is 1.26. The van der Waals surface area contributed by atoms with Gasteiger partial charge in [0.1, 0.15) is 0 Å². The zero-order valence-corrected chi connectivity index (χ0v) is 13.6. The third-order valence-electron chi connectivity index (χ3n) is 2.50. The van der Waals surface area contributed by atoms with Crippen molar-refractivity contribution in [2.45, 2.75) is 19.8 Å². The minimum atomic E-state index is 0.365. The van der Waals surface area contributed by atoms with Gasteiger partial charge in [-0.1, -0.05) is 38.8 Å². The third kappa shape index (κ3) is 3.32. The third-order valence-corrected chi connectivity index (χ3v) is 6.50. The summed E-state index contributed by atoms with van der Waals surface area (Å²) in [5.74, 6) is 0. The minimum Gasteiger partial charge on any atom is -0.133 e. The molecule has 0 aromatic carbocycles. The summed E-state index contributed by atoms with van der Waals surface area (Å²) in [6, 6.07) is 4.34. The van der Waals surface area contributed by atoms with E-state index in [-0.39, 0.29) is 0 Å². The van der Waals surface area contributed by atoms with Gasteiger partial charge >= 0.3 is 0 Å². The van der Waals surface area contributed by atoms with Crippen molar-refractivity contribution in [1.82, 2.24) is 0 Å². The van der Waals surface area contributed by atoms with Gasteiger partial charge < -0.3 is 0 Å². The molecule has 0 bridgehead atoms. The van der Waals surface area contributed by atoms with E-state index in [0.717, 1.165) is 17.1 Å². The maximum absolute atomic E-state index is 3.62. The van der Waals surface area contributed by atoms with Crippen molar-refractivity contribution in [1.29, 1.82) is 0 Å². The first-order valence-corrected chi connectivity index (χ1v) is 8.37. The van der Waals surface area contributed by atoms with Gasteiger partial charge in [0.15, 0.2) is 0 Å². The number of hydrogen-bond acceptors (Lipinski definition) is 1. The van der Waals surface area contributed by atoms with E-state index >= 15 is 0 Å². The molecule has 1 rings (SSSR count). The molecule has 0 aliphatic carbocycles. The fraction of sp³-hybridized carbons (Fsp3) is 0.600. The number of halogens is 3. The SMILES string of the molecule is CCC(CBr)(CBr)Cc1ccc(Br)s1. The maximum atomic E-state index is 3.62. The molecule has 0 aliphatic heterocycles. The quantitative estimate of drug-likeness (QED) is 0.589. The lowest BCUT2D eigenvalue weighted by Gasteiger charge is -2.27. The molecule has 0 saturated heterocycles. The van der Waals surface area contributed by atoms with Crippen molar-refractivity contribution < 1.29 is 0 Å². The Hall–Kier alpha value is 1.14. The van der Waals surface area contributed by atoms with Crippen LogP contribution in [0.25, 0.3) is 0 Å². The average Bonchev–Trinajstić information content (AvgIpc) is 2.61. The highest BCUT2D eigenvalue weighted by Crippen LogP contribution is 2.34. The van der Waals surface area contributed by atoms with Crippen LogP contribution in [0.4, 0.5) is 0 Å². The Labute approximate surface area is 115 Å². The van der Waals surface area contributed by atoms with Crippen molar-refractivity contribution in [2.24, 2.45) is 5.41 Å². The van der Waals surface area contributed by atoms with Crippen LogP contribution in [0.5, 0.6) is 0 Å². The molecule has 80 valence electrons. The summed E-state index contributed by atoms with van der Waals surface area (Å²) in [5.41, 5.74) is 0.365. The Balaban J connectivity index is 2.73. The molecule has 0 nitrogen and oxygen atoms in total. The van der Waals surface area contributed by atoms with Gasteiger partial charge in [-0.3, -0.25) is 0 Å². The van der Waals surface area contributed by atoms with Crippen LogP contribution in [0, 0.1) is 5.41 Å². The standard InChI is InChI=1S/C10H13Br3S/c1-2-10(6-11,7-12)5-8-3-4-9(13)14-8/h3-4H,2,5-7H2,1H3. The van der Waals surface area contributed by atoms with E-state index in [1.807, 2.05) is 11.3 Å². The molecule has 1 heterocycles. The predicted octanol–water partition coefficient (Wildman–Crippen LogP) is 5.24. The van der Waals surface area contributed by atoms with Crippen LogP contribution < -0.4 is 0 Å². The van der Waals surface area contributed by atoms with E-state index in [0.29, 0.717) is 5.41 Å². The van der Waals surface area contributed by atoms with Gasteiger partial charge in [0.25, 0.3) is 0 Å². The van der Waals surface area contributed by atoms with Gasteiger partial charge in [0.05, 0.1) is 3.79 Å². The van der Waals surface area contributed by atoms with Crippen molar-refractivity contribution in [3.63, 3.8) is 0 Å². The van der Waals surface area contributed by atoms with Gasteiger partial charge in [0, 0.05) is 15.5 Å². The van der Waals surface area contributed by atoms with Crippen LogP contribution in [-0.4, -0.2) is 10.7 Å². The Bertz CT molecular complexity index is 270. The molecule has 0 atom stereocenters. The fourth-order valence-corrected chi connectivity index (χ4v) is 5.04. The molecule has 0 aliphatic rings. The highest BCUT2D eigenvalue weighted by molar-refractivity contribution is 9.11. The molecule has 0 N–H and O–H groups in total. The lowest BCUT2D eigenvalue weighted by atomic mass is 9.86. The summed E-state index contributed by atoms with van der Waals surface area (Å²) >= 11 is 12.6. The zero-order valence-electron chi connectivity index (χ0n) is 8.03. The molecule has 0 radical (unpaired) electrons. The van der Waals surface area contributed by atoms with E-state index in [1.165, 1.54) is 15.1 Å². The Kier molecular flexibility index (Phi) is 5.68. The molecule has 1 aromatic heterocycles. The van der Waals surface area contributed by atoms with E-state index in [2.05, 4.69) is 66.8 Å². The van der Waals surface area contributed by atoms with E-state index < -0.39 is 0 Å². The summed E-state index contributed by atoms with van der Waals surface area (Å²) < 4.78 is 1.22. The van der Waals surface area contributed by atoms with Crippen molar-refractivity contribution in [2.75, 3.05) is 10.7 Å². The molecule has 4 heteroatoms. The molecule has 0 saturated carbocycles. The number of alkyl halides is 2. The number of rotatable bonds is 5. The summed E-state index contributed by atoms with van der Waals surface area (Å²) in [6.07, 6.45) is 2.34. The van der Waals surface area contributed by atoms with Crippen LogP contribution in [0.2, 0.25) is 0 Å². The molecule has 0 amide bonds. The Morgan fingerprint density at radius 1 is 1.29 bits per heavy atom. The molecule has 0 spiro atoms. The van der Waals surface area contributed by atoms with Crippen LogP contribution in [0.15, 0.2) is 15.9 Å². The van der Waals surface area contributed by atoms with E-state index in [4.69, 9.17) is 0 Å². The second-order valence-electron chi connectivity index (χ2n) is 3.50. The van der Waals surface area contributed by atoms with Crippen LogP contribution in [0.3, 0.4) is 0 Å². The van der Waals surface area contributed by atoms with Gasteiger partial charge in [-0.15, -0.1) is 11.3 Å². The summed E-state index contributed by atoms with van der Waals surface area (Å²) in [7, 11) is 0. The van der Waals surface area contributed by atoms with Crippen LogP contribution >= 0.6 is 59.1 Å². The maximum Gasteiger partial charge on any atom is 0.0701 e. The van der Waals surface area contributed by atoms with Gasteiger partial charge in [0.2, 0.25) is 0 Å². The highest BCUT2D eigenvalue weighted by Gasteiger charge is 2.26. The molecule has 1 aromatic rings. The average molecular weight is 405 g/mol. The number of thiophene rings is 1. The topological polar surface area (TPSA) is 0 Å². The molecule has 0 unspecified atom stereocenters. The summed E-state index contributed by atoms with van der Waals surface area (Å²) in [5, 5.41) is 2.11. The van der Waals surface area contributed by atoms with Gasteiger partial charge in [-0.25, -0.2) is 0 Å². The molecular formula is C10H13Br3S. The first-order chi connectivity index (χ1) is 6.65. The van der Waals surface area contributed by atoms with E-state index in [1.54, 1.807) is 0 Å². The molecular weight excluding hydrogens is 392 g/mol. The van der Waals surface area contributed by atoms with Gasteiger partial charge in [-0.2, -0.15) is 0 Å². The van der Waals surface area contributed by atoms with Crippen molar-refractivity contribution >= 4 is 59.1 Å². The summed E-state index contributed by atoms with van der Waals surface area (Å²) in [6.45, 7) is 2.26. The van der Waals surface area contributed by atoms with Crippen molar-refractivity contribution in [3.8, 4) is 0 Å². The monoisotopic (exact) mass is 402 g/mol. The molecule has 14 heavy (non-hydrogen) atoms. The van der Waals surface area contributed by atoms with Crippen molar-refractivity contribution in [3.05, 3.63) is 20.8 Å². The number of hydrogen-bond donors (Lipinski definition) is 0. The molecule has 0 fully saturated rings. The van der Waals surface area contributed by atoms with Crippen LogP contribution in [-0.2, 0) is 6.42 Å². The second-order valence-corrected chi connectivity index (χ2v) is 7.17. The summed E-state index contributed by atoms with van der Waals surface area (Å²) in [4.78, 5) is 1.46. The van der Waals surface area contributed by atoms with Gasteiger partial charge in [-0.05, 0) is 46.3 Å². The lowest BCUT2D eigenvalue weighted by molar-refractivity contribution is 0.376. The highest BCUT2D eigenvalue weighted by atomic mass is 79.9. The first-order valence-electron chi connectivity index (χ1n) is 4.52. The lowest BCUT2D eigenvalue weighted by Crippen LogP contribution is -2.26. The largest absolute Gasteiger partial charge is 0.133 e.